The number of hydrogen-bond donors (Lipinski definition) is 1. The van der Waals surface area contributed by atoms with Gasteiger partial charge in [0.15, 0.2) is 0 Å². The average Bonchev–Trinajstić information content (AvgIpc) is 2.35. The molecule has 0 spiro atoms. The fourth-order valence-electron chi connectivity index (χ4n) is 1.66. The zero-order valence-corrected chi connectivity index (χ0v) is 10.2. The van der Waals surface area contributed by atoms with Crippen LogP contribution in [0.3, 0.4) is 0 Å². The lowest BCUT2D eigenvalue weighted by Gasteiger charge is -2.18. The van der Waals surface area contributed by atoms with Crippen LogP contribution in [0.4, 0.5) is 13.2 Å². The third-order valence-corrected chi connectivity index (χ3v) is 2.91. The predicted octanol–water partition coefficient (Wildman–Crippen LogP) is 3.35. The van der Waals surface area contributed by atoms with E-state index in [2.05, 4.69) is 0 Å². The summed E-state index contributed by atoms with van der Waals surface area (Å²) < 4.78 is 37.0. The maximum Gasteiger partial charge on any atom is 0.416 e. The van der Waals surface area contributed by atoms with Gasteiger partial charge in [0, 0.05) is 12.3 Å². The first kappa shape index (κ1) is 14.7. The van der Waals surface area contributed by atoms with Crippen molar-refractivity contribution in [1.82, 2.24) is 0 Å². The summed E-state index contributed by atoms with van der Waals surface area (Å²) in [5.74, 6) is -0.742. The van der Waals surface area contributed by atoms with Crippen molar-refractivity contribution in [2.24, 2.45) is 5.92 Å². The Kier molecular flexibility index (Phi) is 4.51. The summed E-state index contributed by atoms with van der Waals surface area (Å²) in [6, 6.07) is 4.21. The maximum atomic E-state index is 12.3. The topological polar surface area (TPSA) is 37.3 Å². The van der Waals surface area contributed by atoms with E-state index in [9.17, 15) is 23.1 Å². The quantitative estimate of drug-likeness (QED) is 0.901. The summed E-state index contributed by atoms with van der Waals surface area (Å²) in [5.41, 5.74) is -0.453. The molecule has 2 nitrogen and oxygen atoms in total. The minimum absolute atomic E-state index is 0.123. The van der Waals surface area contributed by atoms with E-state index in [0.717, 1.165) is 12.1 Å². The molecule has 0 fully saturated rings. The molecule has 0 aliphatic heterocycles. The minimum atomic E-state index is -4.39. The van der Waals surface area contributed by atoms with E-state index in [-0.39, 0.29) is 5.78 Å². The first-order valence-corrected chi connectivity index (χ1v) is 5.65. The van der Waals surface area contributed by atoms with Gasteiger partial charge in [-0.3, -0.25) is 4.79 Å². The van der Waals surface area contributed by atoms with E-state index < -0.39 is 23.8 Å². The van der Waals surface area contributed by atoms with Gasteiger partial charge < -0.3 is 5.11 Å². The Morgan fingerprint density at radius 2 is 1.78 bits per heavy atom. The summed E-state index contributed by atoms with van der Waals surface area (Å²) in [5, 5.41) is 9.88. The highest BCUT2D eigenvalue weighted by molar-refractivity contribution is 5.81. The first-order valence-electron chi connectivity index (χ1n) is 5.65. The summed E-state index contributed by atoms with van der Waals surface area (Å²) in [7, 11) is 0. The largest absolute Gasteiger partial charge is 0.416 e. The van der Waals surface area contributed by atoms with Crippen molar-refractivity contribution in [1.29, 1.82) is 0 Å². The minimum Gasteiger partial charge on any atom is -0.388 e. The van der Waals surface area contributed by atoms with Crippen LogP contribution in [-0.4, -0.2) is 10.9 Å². The monoisotopic (exact) mass is 260 g/mol. The van der Waals surface area contributed by atoms with Gasteiger partial charge in [-0.15, -0.1) is 0 Å². The van der Waals surface area contributed by atoms with E-state index >= 15 is 0 Å². The predicted molar refractivity (Wildman–Crippen MR) is 60.9 cm³/mol. The summed E-state index contributed by atoms with van der Waals surface area (Å²) in [6.07, 6.45) is -5.17. The van der Waals surface area contributed by atoms with Crippen molar-refractivity contribution >= 4 is 5.78 Å². The van der Waals surface area contributed by atoms with E-state index in [1.165, 1.54) is 12.1 Å². The SMILES string of the molecule is CCC(=O)[C@H](C)[C@@H](O)c1ccc(C(F)(F)F)cc1. The number of aliphatic hydroxyl groups excluding tert-OH is 1. The normalized spacial score (nSPS) is 15.2. The van der Waals surface area contributed by atoms with Crippen molar-refractivity contribution in [3.8, 4) is 0 Å². The third-order valence-electron chi connectivity index (χ3n) is 2.91. The van der Waals surface area contributed by atoms with Gasteiger partial charge in [0.1, 0.15) is 5.78 Å². The Bertz CT molecular complexity index is 409. The average molecular weight is 260 g/mol. The van der Waals surface area contributed by atoms with Gasteiger partial charge in [-0.2, -0.15) is 13.2 Å². The molecular weight excluding hydrogens is 245 g/mol. The van der Waals surface area contributed by atoms with E-state index in [4.69, 9.17) is 0 Å². The molecule has 0 bridgehead atoms. The molecule has 100 valence electrons. The number of hydrogen-bond acceptors (Lipinski definition) is 2. The molecule has 5 heteroatoms. The molecule has 0 radical (unpaired) electrons. The molecule has 1 N–H and O–H groups in total. The number of benzene rings is 1. The van der Waals surface area contributed by atoms with Gasteiger partial charge in [-0.05, 0) is 17.7 Å². The van der Waals surface area contributed by atoms with Crippen molar-refractivity contribution in [2.45, 2.75) is 32.5 Å². The second-order valence-electron chi connectivity index (χ2n) is 4.17. The van der Waals surface area contributed by atoms with Gasteiger partial charge in [-0.25, -0.2) is 0 Å². The fraction of sp³-hybridized carbons (Fsp3) is 0.462. The highest BCUT2D eigenvalue weighted by atomic mass is 19.4. The number of halogens is 3. The molecule has 1 aromatic rings. The number of aliphatic hydroxyl groups is 1. The third kappa shape index (κ3) is 3.32. The second kappa shape index (κ2) is 5.52. The first-order chi connectivity index (χ1) is 8.27. The molecule has 1 aromatic carbocycles. The van der Waals surface area contributed by atoms with Gasteiger partial charge in [0.05, 0.1) is 11.7 Å². The Balaban J connectivity index is 2.89. The van der Waals surface area contributed by atoms with Crippen molar-refractivity contribution < 1.29 is 23.1 Å². The molecule has 0 unspecified atom stereocenters. The van der Waals surface area contributed by atoms with Crippen LogP contribution in [0.2, 0.25) is 0 Å². The Hall–Kier alpha value is -1.36. The van der Waals surface area contributed by atoms with Gasteiger partial charge in [0.25, 0.3) is 0 Å². The van der Waals surface area contributed by atoms with Crippen LogP contribution in [0, 0.1) is 5.92 Å². The molecule has 2 atom stereocenters. The summed E-state index contributed by atoms with van der Waals surface area (Å²) in [6.45, 7) is 3.24. The highest BCUT2D eigenvalue weighted by Gasteiger charge is 2.30. The Morgan fingerprint density at radius 1 is 1.28 bits per heavy atom. The van der Waals surface area contributed by atoms with Crippen LogP contribution in [0.15, 0.2) is 24.3 Å². The van der Waals surface area contributed by atoms with Crippen molar-refractivity contribution in [3.63, 3.8) is 0 Å². The molecule has 0 saturated heterocycles. The number of alkyl halides is 3. The molecule has 0 aromatic heterocycles. The molecule has 0 heterocycles. The molecule has 0 saturated carbocycles. The molecular formula is C13H15F3O2. The van der Waals surface area contributed by atoms with E-state index in [1.807, 2.05) is 0 Å². The van der Waals surface area contributed by atoms with E-state index in [1.54, 1.807) is 13.8 Å². The van der Waals surface area contributed by atoms with Gasteiger partial charge in [-0.1, -0.05) is 26.0 Å². The van der Waals surface area contributed by atoms with Crippen LogP contribution < -0.4 is 0 Å². The number of carbonyl (C=O) groups is 1. The summed E-state index contributed by atoms with van der Waals surface area (Å²) >= 11 is 0. The molecule has 0 aliphatic carbocycles. The van der Waals surface area contributed by atoms with Gasteiger partial charge in [0.2, 0.25) is 0 Å². The van der Waals surface area contributed by atoms with E-state index in [0.29, 0.717) is 12.0 Å². The van der Waals surface area contributed by atoms with Crippen LogP contribution >= 0.6 is 0 Å². The standard InChI is InChI=1S/C13H15F3O2/c1-3-11(17)8(2)12(18)9-4-6-10(7-5-9)13(14,15)16/h4-8,12,18H,3H2,1-2H3/t8-,12+/m0/s1. The van der Waals surface area contributed by atoms with Crippen molar-refractivity contribution in [3.05, 3.63) is 35.4 Å². The lowest BCUT2D eigenvalue weighted by atomic mass is 9.92. The van der Waals surface area contributed by atoms with Gasteiger partial charge >= 0.3 is 6.18 Å². The molecule has 0 aliphatic rings. The highest BCUT2D eigenvalue weighted by Crippen LogP contribution is 2.31. The molecule has 0 amide bonds. The second-order valence-corrected chi connectivity index (χ2v) is 4.17. The van der Waals surface area contributed by atoms with Crippen molar-refractivity contribution in [2.75, 3.05) is 0 Å². The Labute approximate surface area is 103 Å². The zero-order chi connectivity index (χ0) is 13.9. The summed E-state index contributed by atoms with van der Waals surface area (Å²) in [4.78, 5) is 11.4. The fourth-order valence-corrected chi connectivity index (χ4v) is 1.66. The van der Waals surface area contributed by atoms with Crippen LogP contribution in [0.25, 0.3) is 0 Å². The molecule has 18 heavy (non-hydrogen) atoms. The van der Waals surface area contributed by atoms with Crippen LogP contribution in [0.1, 0.15) is 37.5 Å². The lowest BCUT2D eigenvalue weighted by molar-refractivity contribution is -0.137. The zero-order valence-electron chi connectivity index (χ0n) is 10.2. The number of ketones is 1. The number of rotatable bonds is 4. The smallest absolute Gasteiger partial charge is 0.388 e. The maximum absolute atomic E-state index is 12.3. The molecule has 1 rings (SSSR count). The Morgan fingerprint density at radius 3 is 2.17 bits per heavy atom. The number of carbonyl (C=O) groups excluding carboxylic acids is 1. The lowest BCUT2D eigenvalue weighted by Crippen LogP contribution is -2.18. The number of Topliss-reactive ketones (excluding diaryl/α,β-unsaturated/α-hetero) is 1. The van der Waals surface area contributed by atoms with Crippen LogP contribution in [-0.2, 0) is 11.0 Å². The van der Waals surface area contributed by atoms with Crippen LogP contribution in [0.5, 0.6) is 0 Å².